The highest BCUT2D eigenvalue weighted by atomic mass is 32.2. The summed E-state index contributed by atoms with van der Waals surface area (Å²) in [7, 11) is -7.49. The second-order valence-corrected chi connectivity index (χ2v) is 8.95. The van der Waals surface area contributed by atoms with Crippen LogP contribution in [0.15, 0.2) is 65.2 Å². The highest BCUT2D eigenvalue weighted by Crippen LogP contribution is 2.29. The van der Waals surface area contributed by atoms with Crippen molar-refractivity contribution in [2.75, 3.05) is 7.11 Å². The minimum atomic E-state index is -4.48. The van der Waals surface area contributed by atoms with Crippen molar-refractivity contribution >= 4 is 31.3 Å². The number of fused-ring (bicyclic) bond motifs is 1. The van der Waals surface area contributed by atoms with E-state index in [1.54, 1.807) is 0 Å². The Hall–Kier alpha value is -3.78. The molecule has 0 atom stereocenters. The van der Waals surface area contributed by atoms with Crippen molar-refractivity contribution in [3.05, 3.63) is 55.4 Å². The number of aromatic amines is 1. The molecule has 0 aliphatic carbocycles. The lowest BCUT2D eigenvalue weighted by atomic mass is 10.3. The van der Waals surface area contributed by atoms with E-state index in [-0.39, 0.29) is 16.8 Å². The normalized spacial score (nSPS) is 11.9. The van der Waals surface area contributed by atoms with E-state index in [0.717, 1.165) is 18.7 Å². The number of imidazole rings is 1. The third-order valence-electron chi connectivity index (χ3n) is 3.94. The number of ether oxygens (including phenoxy) is 1. The van der Waals surface area contributed by atoms with E-state index in [0.29, 0.717) is 5.75 Å². The van der Waals surface area contributed by atoms with Crippen LogP contribution >= 0.6 is 0 Å². The van der Waals surface area contributed by atoms with Gasteiger partial charge in [0, 0.05) is 0 Å². The number of hydrogen-bond donors (Lipinski definition) is 1. The van der Waals surface area contributed by atoms with Crippen molar-refractivity contribution in [1.29, 1.82) is 0 Å². The van der Waals surface area contributed by atoms with Crippen LogP contribution in [-0.2, 0) is 20.2 Å². The maximum atomic E-state index is 12.9. The van der Waals surface area contributed by atoms with Gasteiger partial charge in [-0.25, -0.2) is 9.97 Å². The summed E-state index contributed by atoms with van der Waals surface area (Å²) >= 11 is 0. The first kappa shape index (κ1) is 20.5. The molecule has 4 rings (SSSR count). The molecule has 2 aromatic heterocycles. The summed E-state index contributed by atoms with van der Waals surface area (Å²) in [6, 6.07) is 7.39. The van der Waals surface area contributed by atoms with Crippen LogP contribution in [0.4, 0.5) is 0 Å². The fraction of sp³-hybridized carbons (Fsp3) is 0.0588. The van der Waals surface area contributed by atoms with E-state index >= 15 is 0 Å². The van der Waals surface area contributed by atoms with Crippen molar-refractivity contribution in [2.24, 2.45) is 0 Å². The Kier molecular flexibility index (Phi) is 5.16. The maximum absolute atomic E-state index is 12.9. The predicted octanol–water partition coefficient (Wildman–Crippen LogP) is 1.29. The van der Waals surface area contributed by atoms with Gasteiger partial charge in [0.05, 0.1) is 19.0 Å². The first-order valence-corrected chi connectivity index (χ1v) is 11.2. The first-order chi connectivity index (χ1) is 14.8. The van der Waals surface area contributed by atoms with E-state index in [1.807, 2.05) is 0 Å². The molecule has 160 valence electrons. The Labute approximate surface area is 176 Å². The minimum Gasteiger partial charge on any atom is -0.497 e. The molecule has 0 saturated heterocycles. The van der Waals surface area contributed by atoms with Crippen LogP contribution in [0, 0.1) is 0 Å². The zero-order chi connectivity index (χ0) is 22.1. The highest BCUT2D eigenvalue weighted by molar-refractivity contribution is 7.88. The van der Waals surface area contributed by atoms with Gasteiger partial charge in [0.15, 0.2) is 0 Å². The zero-order valence-electron chi connectivity index (χ0n) is 15.7. The lowest BCUT2D eigenvalue weighted by Gasteiger charge is -2.10. The molecule has 0 fully saturated rings. The molecule has 12 nitrogen and oxygen atoms in total. The number of nitrogens with one attached hydrogen (secondary N) is 1. The Morgan fingerprint density at radius 3 is 2.19 bits per heavy atom. The number of methoxy groups -OCH3 is 1. The van der Waals surface area contributed by atoms with Crippen molar-refractivity contribution < 1.29 is 29.9 Å². The summed E-state index contributed by atoms with van der Waals surface area (Å²) < 4.78 is 66.2. The maximum Gasteiger partial charge on any atom is 0.342 e. The molecule has 0 spiro atoms. The van der Waals surface area contributed by atoms with Gasteiger partial charge < -0.3 is 18.1 Å². The number of H-pyrrole nitrogens is 1. The Balaban J connectivity index is 1.76. The van der Waals surface area contributed by atoms with E-state index < -0.39 is 36.0 Å². The lowest BCUT2D eigenvalue weighted by molar-refractivity contribution is 0.413. The van der Waals surface area contributed by atoms with Gasteiger partial charge in [-0.3, -0.25) is 0 Å². The largest absolute Gasteiger partial charge is 0.497 e. The molecule has 2 heterocycles. The Morgan fingerprint density at radius 1 is 0.839 bits per heavy atom. The summed E-state index contributed by atoms with van der Waals surface area (Å²) in [5.41, 5.74) is 0.129. The number of benzene rings is 2. The number of rotatable bonds is 7. The quantitative estimate of drug-likeness (QED) is 0.393. The first-order valence-electron chi connectivity index (χ1n) is 8.41. The summed E-state index contributed by atoms with van der Waals surface area (Å²) in [6.45, 7) is 0. The second kappa shape index (κ2) is 7.81. The lowest BCUT2D eigenvalue weighted by Crippen LogP contribution is -2.15. The van der Waals surface area contributed by atoms with Gasteiger partial charge >= 0.3 is 26.2 Å². The van der Waals surface area contributed by atoms with Gasteiger partial charge in [0.2, 0.25) is 0 Å². The van der Waals surface area contributed by atoms with Crippen molar-refractivity contribution in [3.63, 3.8) is 0 Å². The van der Waals surface area contributed by atoms with Gasteiger partial charge in [-0.2, -0.15) is 26.8 Å². The van der Waals surface area contributed by atoms with E-state index in [1.165, 1.54) is 43.8 Å². The SMILES string of the molecule is COc1ccc(OS(=O)(=O)c2cc(S(=O)(=O)Oc3ncncn3)cc3[nH]cnc23)cc1. The molecule has 0 bridgehead atoms. The standard InChI is InChI=1S/C17H13N5O7S2/c1-27-11-2-4-12(5-3-11)28-31(25,26)15-7-13(6-14-16(15)20-10-19-14)30(23,24)29-17-21-8-18-9-22-17/h2-10H,1H3,(H,19,20). The molecule has 0 saturated carbocycles. The average molecular weight is 463 g/mol. The third kappa shape index (κ3) is 4.24. The molecule has 0 radical (unpaired) electrons. The van der Waals surface area contributed by atoms with Crippen LogP contribution in [0.25, 0.3) is 11.0 Å². The summed E-state index contributed by atoms with van der Waals surface area (Å²) in [5, 5.41) is 0. The van der Waals surface area contributed by atoms with E-state index in [4.69, 9.17) is 13.1 Å². The minimum absolute atomic E-state index is 0.000758. The van der Waals surface area contributed by atoms with Crippen LogP contribution < -0.4 is 13.1 Å². The molecular weight excluding hydrogens is 450 g/mol. The van der Waals surface area contributed by atoms with Gasteiger partial charge in [-0.15, -0.1) is 0 Å². The molecule has 1 N–H and O–H groups in total. The van der Waals surface area contributed by atoms with Gasteiger partial charge in [-0.05, 0) is 36.4 Å². The fourth-order valence-corrected chi connectivity index (χ4v) is 4.65. The molecule has 0 unspecified atom stereocenters. The zero-order valence-corrected chi connectivity index (χ0v) is 17.3. The van der Waals surface area contributed by atoms with Gasteiger partial charge in [0.25, 0.3) is 0 Å². The van der Waals surface area contributed by atoms with Crippen molar-refractivity contribution in [1.82, 2.24) is 24.9 Å². The topological polar surface area (TPSA) is 163 Å². The van der Waals surface area contributed by atoms with Crippen LogP contribution in [0.2, 0.25) is 0 Å². The van der Waals surface area contributed by atoms with Crippen LogP contribution in [0.1, 0.15) is 0 Å². The smallest absolute Gasteiger partial charge is 0.342 e. The number of hydrogen-bond acceptors (Lipinski definition) is 11. The monoisotopic (exact) mass is 463 g/mol. The van der Waals surface area contributed by atoms with Crippen LogP contribution in [0.5, 0.6) is 17.5 Å². The second-order valence-electron chi connectivity index (χ2n) is 5.89. The number of nitrogens with zero attached hydrogens (tertiary/aromatic N) is 4. The number of aromatic nitrogens is 5. The summed E-state index contributed by atoms with van der Waals surface area (Å²) in [6.07, 6.45) is 3.32. The molecule has 14 heteroatoms. The highest BCUT2D eigenvalue weighted by Gasteiger charge is 2.27. The molecule has 2 aromatic carbocycles. The van der Waals surface area contributed by atoms with Crippen LogP contribution in [0.3, 0.4) is 0 Å². The summed E-state index contributed by atoms with van der Waals surface area (Å²) in [4.78, 5) is 16.4. The van der Waals surface area contributed by atoms with Crippen molar-refractivity contribution in [2.45, 2.75) is 9.79 Å². The molecule has 31 heavy (non-hydrogen) atoms. The molecule has 0 aliphatic rings. The molecule has 0 aliphatic heterocycles. The molecule has 4 aromatic rings. The Morgan fingerprint density at radius 2 is 1.52 bits per heavy atom. The van der Waals surface area contributed by atoms with E-state index in [2.05, 4.69) is 24.9 Å². The van der Waals surface area contributed by atoms with Crippen molar-refractivity contribution in [3.8, 4) is 17.5 Å². The van der Waals surface area contributed by atoms with Crippen LogP contribution in [-0.4, -0.2) is 48.9 Å². The predicted molar refractivity (Wildman–Crippen MR) is 105 cm³/mol. The van der Waals surface area contributed by atoms with E-state index in [9.17, 15) is 16.8 Å². The average Bonchev–Trinajstić information content (AvgIpc) is 3.22. The third-order valence-corrected chi connectivity index (χ3v) is 6.38. The van der Waals surface area contributed by atoms with Gasteiger partial charge in [-0.1, -0.05) is 0 Å². The Bertz CT molecular complexity index is 1440. The summed E-state index contributed by atoms with van der Waals surface area (Å²) in [5.74, 6) is 0.502. The molecule has 0 amide bonds. The molecular formula is C17H13N5O7S2. The van der Waals surface area contributed by atoms with Gasteiger partial charge in [0.1, 0.15) is 39.5 Å². The fourth-order valence-electron chi connectivity index (χ4n) is 2.55.